The van der Waals surface area contributed by atoms with Crippen molar-refractivity contribution in [3.8, 4) is 0 Å². The van der Waals surface area contributed by atoms with Gasteiger partial charge in [-0.25, -0.2) is 4.98 Å². The number of aromatic nitrogens is 1. The average Bonchev–Trinajstić information content (AvgIpc) is 2.37. The Balaban J connectivity index is 2.65. The average molecular weight is 159 g/mol. The minimum atomic E-state index is 0.330. The van der Waals surface area contributed by atoms with Gasteiger partial charge >= 0.3 is 0 Å². The third-order valence-corrected chi connectivity index (χ3v) is 2.41. The second-order valence-corrected chi connectivity index (χ2v) is 3.18. The lowest BCUT2D eigenvalue weighted by Gasteiger charge is -2.00. The van der Waals surface area contributed by atoms with Crippen LogP contribution in [0.1, 0.15) is 24.3 Å². The maximum Gasteiger partial charge on any atom is 0.0795 e. The number of thiazole rings is 1. The van der Waals surface area contributed by atoms with E-state index in [9.17, 15) is 0 Å². The van der Waals surface area contributed by atoms with Crippen LogP contribution in [0.4, 0.5) is 0 Å². The van der Waals surface area contributed by atoms with Gasteiger partial charge in [0.15, 0.2) is 0 Å². The second-order valence-electron chi connectivity index (χ2n) is 1.84. The summed E-state index contributed by atoms with van der Waals surface area (Å²) in [6.07, 6.45) is 1.05. The highest BCUT2D eigenvalue weighted by atomic mass is 32.1. The monoisotopic (exact) mass is 159 g/mol. The van der Waals surface area contributed by atoms with Gasteiger partial charge in [-0.05, 0) is 6.42 Å². The van der Waals surface area contributed by atoms with E-state index >= 15 is 0 Å². The number of nitrogens with zero attached hydrogens (tertiary/aromatic N) is 1. The standard InChI is InChI=1S/C6H9NS2/c1-2-6(8)5-3-9-4-7-5/h3-4,6,8H,2H2,1H3. The van der Waals surface area contributed by atoms with Crippen molar-refractivity contribution in [2.45, 2.75) is 18.6 Å². The number of rotatable bonds is 2. The SMILES string of the molecule is CCC(S)c1cscn1. The van der Waals surface area contributed by atoms with Crippen LogP contribution in [-0.2, 0) is 0 Å². The highest BCUT2D eigenvalue weighted by Crippen LogP contribution is 2.21. The molecule has 0 aliphatic rings. The molecule has 0 amide bonds. The topological polar surface area (TPSA) is 12.9 Å². The van der Waals surface area contributed by atoms with Crippen LogP contribution in [0.2, 0.25) is 0 Å². The molecule has 0 radical (unpaired) electrons. The molecular formula is C6H9NS2. The van der Waals surface area contributed by atoms with E-state index in [2.05, 4.69) is 24.5 Å². The van der Waals surface area contributed by atoms with Crippen LogP contribution in [0.5, 0.6) is 0 Å². The van der Waals surface area contributed by atoms with E-state index in [1.807, 2.05) is 10.9 Å². The summed E-state index contributed by atoms with van der Waals surface area (Å²) in [4.78, 5) is 4.13. The van der Waals surface area contributed by atoms with Crippen molar-refractivity contribution >= 4 is 24.0 Å². The van der Waals surface area contributed by atoms with Crippen LogP contribution in [0.15, 0.2) is 10.9 Å². The maximum atomic E-state index is 4.33. The van der Waals surface area contributed by atoms with Crippen LogP contribution >= 0.6 is 24.0 Å². The Morgan fingerprint density at radius 2 is 2.67 bits per heavy atom. The molecule has 1 heterocycles. The zero-order valence-corrected chi connectivity index (χ0v) is 6.95. The Labute approximate surface area is 64.5 Å². The fourth-order valence-electron chi connectivity index (χ4n) is 0.596. The largest absolute Gasteiger partial charge is 0.249 e. The molecule has 0 spiro atoms. The van der Waals surface area contributed by atoms with Crippen molar-refractivity contribution in [3.05, 3.63) is 16.6 Å². The molecule has 1 aromatic heterocycles. The molecule has 0 fully saturated rings. The first-order valence-corrected chi connectivity index (χ1v) is 4.36. The van der Waals surface area contributed by atoms with Gasteiger partial charge in [0, 0.05) is 10.6 Å². The van der Waals surface area contributed by atoms with Crippen molar-refractivity contribution in [2.24, 2.45) is 0 Å². The Kier molecular flexibility index (Phi) is 2.54. The Bertz CT molecular complexity index is 160. The van der Waals surface area contributed by atoms with Gasteiger partial charge in [0.05, 0.1) is 11.2 Å². The van der Waals surface area contributed by atoms with Gasteiger partial charge in [-0.3, -0.25) is 0 Å². The lowest BCUT2D eigenvalue weighted by Crippen LogP contribution is -1.85. The quantitative estimate of drug-likeness (QED) is 0.654. The van der Waals surface area contributed by atoms with E-state index in [1.165, 1.54) is 0 Å². The molecule has 0 aliphatic carbocycles. The van der Waals surface area contributed by atoms with Crippen LogP contribution < -0.4 is 0 Å². The summed E-state index contributed by atoms with van der Waals surface area (Å²) in [5.74, 6) is 0. The molecule has 0 saturated carbocycles. The molecule has 0 bridgehead atoms. The molecule has 50 valence electrons. The summed E-state index contributed by atoms with van der Waals surface area (Å²) >= 11 is 5.95. The van der Waals surface area contributed by atoms with E-state index < -0.39 is 0 Å². The van der Waals surface area contributed by atoms with Crippen LogP contribution in [0, 0.1) is 0 Å². The van der Waals surface area contributed by atoms with Crippen LogP contribution in [-0.4, -0.2) is 4.98 Å². The highest BCUT2D eigenvalue weighted by Gasteiger charge is 2.03. The van der Waals surface area contributed by atoms with Crippen LogP contribution in [0.3, 0.4) is 0 Å². The highest BCUT2D eigenvalue weighted by molar-refractivity contribution is 7.80. The van der Waals surface area contributed by atoms with Crippen molar-refractivity contribution in [2.75, 3.05) is 0 Å². The van der Waals surface area contributed by atoms with E-state index in [0.717, 1.165) is 12.1 Å². The Hall–Kier alpha value is -0.0200. The Morgan fingerprint density at radius 3 is 3.11 bits per heavy atom. The van der Waals surface area contributed by atoms with Crippen molar-refractivity contribution in [3.63, 3.8) is 0 Å². The van der Waals surface area contributed by atoms with Gasteiger partial charge in [-0.15, -0.1) is 11.3 Å². The summed E-state index contributed by atoms with van der Waals surface area (Å²) in [6.45, 7) is 2.11. The summed E-state index contributed by atoms with van der Waals surface area (Å²) in [6, 6.07) is 0. The van der Waals surface area contributed by atoms with Gasteiger partial charge in [0.1, 0.15) is 0 Å². The van der Waals surface area contributed by atoms with Crippen molar-refractivity contribution < 1.29 is 0 Å². The molecule has 0 N–H and O–H groups in total. The summed E-state index contributed by atoms with van der Waals surface area (Å²) in [7, 11) is 0. The predicted octanol–water partition coefficient (Wildman–Crippen LogP) is 2.52. The lowest BCUT2D eigenvalue weighted by atomic mass is 10.3. The zero-order valence-electron chi connectivity index (χ0n) is 5.24. The molecule has 0 saturated heterocycles. The first-order chi connectivity index (χ1) is 4.34. The molecule has 1 aromatic rings. The summed E-state index contributed by atoms with van der Waals surface area (Å²) in [5, 5.41) is 2.37. The number of hydrogen-bond donors (Lipinski definition) is 1. The maximum absolute atomic E-state index is 4.33. The van der Waals surface area contributed by atoms with E-state index in [1.54, 1.807) is 11.3 Å². The summed E-state index contributed by atoms with van der Waals surface area (Å²) < 4.78 is 0. The third-order valence-electron chi connectivity index (χ3n) is 1.18. The first-order valence-electron chi connectivity index (χ1n) is 2.90. The fourth-order valence-corrected chi connectivity index (χ4v) is 1.45. The predicted molar refractivity (Wildman–Crippen MR) is 44.1 cm³/mol. The van der Waals surface area contributed by atoms with E-state index in [4.69, 9.17) is 0 Å². The third kappa shape index (κ3) is 1.69. The van der Waals surface area contributed by atoms with Gasteiger partial charge in [-0.1, -0.05) is 6.92 Å². The van der Waals surface area contributed by atoms with Gasteiger partial charge < -0.3 is 0 Å². The molecule has 0 aromatic carbocycles. The molecule has 0 aliphatic heterocycles. The number of thiol groups is 1. The van der Waals surface area contributed by atoms with E-state index in [-0.39, 0.29) is 0 Å². The van der Waals surface area contributed by atoms with Crippen molar-refractivity contribution in [1.29, 1.82) is 0 Å². The minimum Gasteiger partial charge on any atom is -0.249 e. The molecule has 1 rings (SSSR count). The molecular weight excluding hydrogens is 150 g/mol. The fraction of sp³-hybridized carbons (Fsp3) is 0.500. The lowest BCUT2D eigenvalue weighted by molar-refractivity contribution is 0.874. The normalized spacial score (nSPS) is 13.6. The van der Waals surface area contributed by atoms with Gasteiger partial charge in [0.25, 0.3) is 0 Å². The molecule has 1 atom stereocenters. The molecule has 9 heavy (non-hydrogen) atoms. The number of hydrogen-bond acceptors (Lipinski definition) is 3. The van der Waals surface area contributed by atoms with E-state index in [0.29, 0.717) is 5.25 Å². The molecule has 1 nitrogen and oxygen atoms in total. The first kappa shape index (κ1) is 7.09. The minimum absolute atomic E-state index is 0.330. The zero-order chi connectivity index (χ0) is 6.69. The van der Waals surface area contributed by atoms with Crippen molar-refractivity contribution in [1.82, 2.24) is 4.98 Å². The molecule has 1 unspecified atom stereocenters. The second kappa shape index (κ2) is 3.22. The van der Waals surface area contributed by atoms with Gasteiger partial charge in [-0.2, -0.15) is 12.6 Å². The molecule has 3 heteroatoms. The smallest absolute Gasteiger partial charge is 0.0795 e. The Morgan fingerprint density at radius 1 is 1.89 bits per heavy atom. The summed E-state index contributed by atoms with van der Waals surface area (Å²) in [5.41, 5.74) is 2.94. The van der Waals surface area contributed by atoms with Gasteiger partial charge in [0.2, 0.25) is 0 Å². The van der Waals surface area contributed by atoms with Crippen LogP contribution in [0.25, 0.3) is 0 Å².